The number of ether oxygens (including phenoxy) is 1. The molecule has 0 bridgehead atoms. The minimum atomic E-state index is 0.541. The number of rotatable bonds is 4. The molecule has 0 aliphatic heterocycles. The van der Waals surface area contributed by atoms with Crippen LogP contribution in [0.1, 0.15) is 5.56 Å². The van der Waals surface area contributed by atoms with E-state index in [0.717, 1.165) is 16.4 Å². The summed E-state index contributed by atoms with van der Waals surface area (Å²) in [6.45, 7) is 0. The number of hydrogen-bond acceptors (Lipinski definition) is 5. The summed E-state index contributed by atoms with van der Waals surface area (Å²) in [5.74, 6) is 12.6. The van der Waals surface area contributed by atoms with Crippen LogP contribution >= 0.6 is 11.8 Å². The minimum Gasteiger partial charge on any atom is -0.497 e. The van der Waals surface area contributed by atoms with E-state index in [1.807, 2.05) is 36.4 Å². The Morgan fingerprint density at radius 1 is 1.26 bits per heavy atom. The van der Waals surface area contributed by atoms with Crippen LogP contribution in [-0.4, -0.2) is 11.8 Å². The van der Waals surface area contributed by atoms with Crippen molar-refractivity contribution in [3.8, 4) is 5.75 Å². The first-order valence-corrected chi connectivity index (χ1v) is 6.69. The van der Waals surface area contributed by atoms with Crippen molar-refractivity contribution in [2.24, 2.45) is 10.9 Å². The van der Waals surface area contributed by atoms with Gasteiger partial charge in [0.05, 0.1) is 7.11 Å². The molecule has 1 aromatic heterocycles. The third kappa shape index (κ3) is 3.45. The largest absolute Gasteiger partial charge is 0.497 e. The average molecular weight is 276 g/mol. The van der Waals surface area contributed by atoms with E-state index >= 15 is 0 Å². The molecule has 0 aliphatic carbocycles. The van der Waals surface area contributed by atoms with E-state index in [0.29, 0.717) is 5.49 Å². The van der Waals surface area contributed by atoms with Crippen LogP contribution in [0.15, 0.2) is 52.6 Å². The number of benzene rings is 1. The predicted molar refractivity (Wildman–Crippen MR) is 76.9 cm³/mol. The first-order chi connectivity index (χ1) is 9.22. The molecule has 0 saturated carbocycles. The van der Waals surface area contributed by atoms with Crippen molar-refractivity contribution < 1.29 is 4.74 Å². The zero-order valence-electron chi connectivity index (χ0n) is 10.6. The maximum atomic E-state index is 5.66. The highest BCUT2D eigenvalue weighted by atomic mass is 32.2. The fourth-order valence-electron chi connectivity index (χ4n) is 1.56. The third-order valence-corrected chi connectivity index (χ3v) is 3.70. The van der Waals surface area contributed by atoms with Gasteiger partial charge in [0.2, 0.25) is 0 Å². The maximum Gasteiger partial charge on any atom is 0.171 e. The molecule has 1 heterocycles. The summed E-state index contributed by atoms with van der Waals surface area (Å²) in [5, 5.41) is 3.62. The highest BCUT2D eigenvalue weighted by Gasteiger charge is 1.99. The van der Waals surface area contributed by atoms with E-state index in [4.69, 9.17) is 16.4 Å². The maximum absolute atomic E-state index is 5.66. The molecule has 1 aromatic carbocycles. The van der Waals surface area contributed by atoms with Crippen molar-refractivity contribution >= 4 is 11.8 Å². The zero-order chi connectivity index (χ0) is 13.7. The Kier molecular flexibility index (Phi) is 4.35. The molecule has 4 N–H and O–H groups in total. The van der Waals surface area contributed by atoms with Gasteiger partial charge in [-0.2, -0.15) is 5.10 Å². The lowest BCUT2D eigenvalue weighted by Crippen LogP contribution is -2.28. The van der Waals surface area contributed by atoms with Crippen molar-refractivity contribution in [1.29, 1.82) is 0 Å². The van der Waals surface area contributed by atoms with Crippen LogP contribution in [0.25, 0.3) is 0 Å². The van der Waals surface area contributed by atoms with Gasteiger partial charge in [-0.05, 0) is 29.8 Å². The molecule has 19 heavy (non-hydrogen) atoms. The molecule has 0 aliphatic rings. The first-order valence-electron chi connectivity index (χ1n) is 5.70. The van der Waals surface area contributed by atoms with Crippen LogP contribution in [0.4, 0.5) is 0 Å². The third-order valence-electron chi connectivity index (χ3n) is 2.63. The fourth-order valence-corrected chi connectivity index (χ4v) is 2.43. The summed E-state index contributed by atoms with van der Waals surface area (Å²) in [6, 6.07) is 11.8. The number of thioether (sulfide) groups is 1. The molecule has 5 nitrogen and oxygen atoms in total. The average Bonchev–Trinajstić information content (AvgIpc) is 2.47. The SMILES string of the molecule is COc1ccc(CSc2ccn(N)/c(=N\N)c2)cc1. The van der Waals surface area contributed by atoms with E-state index < -0.39 is 0 Å². The molecule has 0 fully saturated rings. The Morgan fingerprint density at radius 3 is 2.63 bits per heavy atom. The monoisotopic (exact) mass is 276 g/mol. The van der Waals surface area contributed by atoms with Crippen LogP contribution in [-0.2, 0) is 5.75 Å². The molecule has 2 aromatic rings. The Balaban J connectivity index is 2.05. The fraction of sp³-hybridized carbons (Fsp3) is 0.154. The smallest absolute Gasteiger partial charge is 0.171 e. The molecular weight excluding hydrogens is 260 g/mol. The molecule has 0 radical (unpaired) electrons. The highest BCUT2D eigenvalue weighted by molar-refractivity contribution is 7.98. The molecular formula is C13H16N4OS. The van der Waals surface area contributed by atoms with Gasteiger partial charge in [0.1, 0.15) is 5.75 Å². The second-order valence-corrected chi connectivity index (χ2v) is 4.94. The molecule has 0 spiro atoms. The topological polar surface area (TPSA) is 78.6 Å². The predicted octanol–water partition coefficient (Wildman–Crippen LogP) is 1.28. The summed E-state index contributed by atoms with van der Waals surface area (Å²) < 4.78 is 6.51. The van der Waals surface area contributed by atoms with Gasteiger partial charge in [0, 0.05) is 16.8 Å². The molecule has 2 rings (SSSR count). The van der Waals surface area contributed by atoms with E-state index in [2.05, 4.69) is 5.10 Å². The number of nitrogens with two attached hydrogens (primary N) is 2. The van der Waals surface area contributed by atoms with Gasteiger partial charge in [-0.3, -0.25) is 4.68 Å². The van der Waals surface area contributed by atoms with Crippen molar-refractivity contribution in [2.45, 2.75) is 10.6 Å². The number of aromatic nitrogens is 1. The number of nitrogen functional groups attached to an aromatic ring is 1. The van der Waals surface area contributed by atoms with Gasteiger partial charge in [-0.15, -0.1) is 11.8 Å². The Hall–Kier alpha value is -2.08. The number of nitrogens with zero attached hydrogens (tertiary/aromatic N) is 2. The normalized spacial score (nSPS) is 11.5. The van der Waals surface area contributed by atoms with Crippen LogP contribution in [0, 0.1) is 0 Å². The highest BCUT2D eigenvalue weighted by Crippen LogP contribution is 2.22. The second kappa shape index (κ2) is 6.19. The van der Waals surface area contributed by atoms with Gasteiger partial charge < -0.3 is 16.4 Å². The number of pyridine rings is 1. The standard InChI is InChI=1S/C13H16N4OS/c1-18-11-4-2-10(3-5-11)9-19-12-6-7-17(15)13(8-12)16-14/h2-8H,9,14-15H2,1H3/b16-13-. The zero-order valence-corrected chi connectivity index (χ0v) is 11.4. The van der Waals surface area contributed by atoms with Gasteiger partial charge in [-0.1, -0.05) is 12.1 Å². The molecule has 100 valence electrons. The minimum absolute atomic E-state index is 0.541. The van der Waals surface area contributed by atoms with Gasteiger partial charge in [-0.25, -0.2) is 0 Å². The summed E-state index contributed by atoms with van der Waals surface area (Å²) in [7, 11) is 1.66. The lowest BCUT2D eigenvalue weighted by molar-refractivity contribution is 0.414. The van der Waals surface area contributed by atoms with Crippen LogP contribution < -0.4 is 21.9 Å². The summed E-state index contributed by atoms with van der Waals surface area (Å²) in [6.07, 6.45) is 1.74. The quantitative estimate of drug-likeness (QED) is 0.501. The molecule has 0 amide bonds. The second-order valence-electron chi connectivity index (χ2n) is 3.89. The Morgan fingerprint density at radius 2 is 2.00 bits per heavy atom. The van der Waals surface area contributed by atoms with Crippen molar-refractivity contribution in [3.05, 3.63) is 53.6 Å². The summed E-state index contributed by atoms with van der Waals surface area (Å²) in [4.78, 5) is 1.07. The van der Waals surface area contributed by atoms with Gasteiger partial charge in [0.25, 0.3) is 0 Å². The van der Waals surface area contributed by atoms with E-state index in [1.54, 1.807) is 25.1 Å². The molecule has 0 atom stereocenters. The van der Waals surface area contributed by atoms with Crippen LogP contribution in [0.3, 0.4) is 0 Å². The van der Waals surface area contributed by atoms with E-state index in [1.165, 1.54) is 10.2 Å². The molecule has 0 unspecified atom stereocenters. The molecule has 6 heteroatoms. The Labute approximate surface area is 115 Å². The van der Waals surface area contributed by atoms with Crippen molar-refractivity contribution in [1.82, 2.24) is 4.68 Å². The summed E-state index contributed by atoms with van der Waals surface area (Å²) in [5.41, 5.74) is 1.77. The lowest BCUT2D eigenvalue weighted by atomic mass is 10.2. The van der Waals surface area contributed by atoms with Crippen molar-refractivity contribution in [3.63, 3.8) is 0 Å². The van der Waals surface area contributed by atoms with E-state index in [-0.39, 0.29) is 0 Å². The van der Waals surface area contributed by atoms with Crippen LogP contribution in [0.5, 0.6) is 5.75 Å². The Bertz CT molecular complexity index is 607. The van der Waals surface area contributed by atoms with Gasteiger partial charge in [0.15, 0.2) is 5.49 Å². The summed E-state index contributed by atoms with van der Waals surface area (Å²) >= 11 is 1.70. The number of methoxy groups -OCH3 is 1. The van der Waals surface area contributed by atoms with E-state index in [9.17, 15) is 0 Å². The van der Waals surface area contributed by atoms with Crippen LogP contribution in [0.2, 0.25) is 0 Å². The molecule has 0 saturated heterocycles. The lowest BCUT2D eigenvalue weighted by Gasteiger charge is -2.05. The van der Waals surface area contributed by atoms with Crippen molar-refractivity contribution in [2.75, 3.05) is 13.0 Å². The van der Waals surface area contributed by atoms with Gasteiger partial charge >= 0.3 is 0 Å². The number of hydrogen-bond donors (Lipinski definition) is 2. The first kappa shape index (κ1) is 13.4.